The van der Waals surface area contributed by atoms with Gasteiger partial charge in [-0.2, -0.15) is 13.8 Å². The van der Waals surface area contributed by atoms with Crippen molar-refractivity contribution in [2.75, 3.05) is 0 Å². The summed E-state index contributed by atoms with van der Waals surface area (Å²) in [6.07, 6.45) is 2.00. The average Bonchev–Trinajstić information content (AvgIpc) is 2.07. The molecule has 1 aromatic rings. The maximum Gasteiger partial charge on any atom is 0 e. The van der Waals surface area contributed by atoms with Crippen molar-refractivity contribution in [3.63, 3.8) is 0 Å². The molecule has 0 bridgehead atoms. The zero-order valence-corrected chi connectivity index (χ0v) is 121. The maximum atomic E-state index is 2.20. The molecule has 0 aliphatic rings. The van der Waals surface area contributed by atoms with Crippen LogP contribution < -0.4 is 0 Å². The van der Waals surface area contributed by atoms with Gasteiger partial charge in [-0.3, -0.25) is 0 Å². The van der Waals surface area contributed by atoms with Crippen LogP contribution in [0.25, 0.3) is 0 Å². The van der Waals surface area contributed by atoms with Crippen LogP contribution in [-0.4, -0.2) is 0 Å². The zero-order valence-electron chi connectivity index (χ0n) is 27.6. The van der Waals surface area contributed by atoms with Crippen LogP contribution in [0.4, 0.5) is 0 Å². The second-order valence-electron chi connectivity index (χ2n) is 3.14. The van der Waals surface area contributed by atoms with Crippen molar-refractivity contribution < 1.29 is 1080 Å². The summed E-state index contributed by atoms with van der Waals surface area (Å²) in [4.78, 5) is 0. The van der Waals surface area contributed by atoms with Crippen molar-refractivity contribution in [1.29, 1.82) is 0 Å². The summed E-state index contributed by atoms with van der Waals surface area (Å²) in [5, 5.41) is 0. The standard InChI is InChI=1S/C9H12.C3H7.33Y/c1-8(2)9-6-4-3-5-7-9;1-3-2;;;;;;;;;;;;;;;;;;;;;;;;;;;;;;;;;/h3-8H,1-2H3;3H,1-2H3;;;;;;;;;;;;;;;;;;;;;;;;;;;;;;;;;/q;-1;;;;;;;;;;;;;;;;;;;;;;;;;;;;;;;;;. The van der Waals surface area contributed by atoms with E-state index in [9.17, 15) is 0 Å². The Labute approximate surface area is 1110 Å². The smallest absolute Gasteiger partial charge is 0 e. The number of hydrogen-bond donors (Lipinski definition) is 0. The van der Waals surface area contributed by atoms with Gasteiger partial charge in [-0.25, -0.2) is 0 Å². The Morgan fingerprint density at radius 2 is 0.400 bits per heavy atom. The van der Waals surface area contributed by atoms with Gasteiger partial charge in [0.2, 0.25) is 0 Å². The summed E-state index contributed by atoms with van der Waals surface area (Å²) in [5.41, 5.74) is 1.41. The predicted molar refractivity (Wildman–Crippen MR) is 56.2 cm³/mol. The van der Waals surface area contributed by atoms with Crippen molar-refractivity contribution >= 4 is 0 Å². The summed E-state index contributed by atoms with van der Waals surface area (Å²) < 4.78 is 0. The topological polar surface area (TPSA) is 0 Å². The molecule has 167 valence electrons. The van der Waals surface area contributed by atoms with Crippen LogP contribution in [0.2, 0.25) is 0 Å². The Balaban J connectivity index is -0.00000000102. The fraction of sp³-hybridized carbons (Fsp3) is 0.417. The van der Waals surface area contributed by atoms with Gasteiger partial charge in [-0.1, -0.05) is 44.2 Å². The Morgan fingerprint density at radius 3 is 0.467 bits per heavy atom. The van der Waals surface area contributed by atoms with Crippen molar-refractivity contribution in [3.05, 3.63) is 42.3 Å². The molecule has 0 amide bonds. The molecule has 1 aromatic carbocycles. The minimum absolute atomic E-state index is 0. The molecule has 0 saturated heterocycles. The maximum absolute atomic E-state index is 2.20. The monoisotopic (exact) mass is 3100 g/mol. The molecule has 0 unspecified atom stereocenters. The average molecular weight is 3100 g/mol. The summed E-state index contributed by atoms with van der Waals surface area (Å²) in [7, 11) is 0. The summed E-state index contributed by atoms with van der Waals surface area (Å²) in [6, 6.07) is 10.5. The third-order valence-electron chi connectivity index (χ3n) is 1.47. The summed E-state index contributed by atoms with van der Waals surface area (Å²) in [6.45, 7) is 8.41. The second-order valence-corrected chi connectivity index (χ2v) is 3.14. The normalized spacial score (nSPS) is 2.42. The van der Waals surface area contributed by atoms with Gasteiger partial charge in [0.1, 0.15) is 0 Å². The molecule has 45 heavy (non-hydrogen) atoms. The number of rotatable bonds is 1. The van der Waals surface area contributed by atoms with Crippen LogP contribution in [-0.2, 0) is 1080 Å². The van der Waals surface area contributed by atoms with Gasteiger partial charge in [0.05, 0.1) is 0 Å². The van der Waals surface area contributed by atoms with Crippen LogP contribution in [0, 0.1) is 6.42 Å². The van der Waals surface area contributed by atoms with Crippen LogP contribution in [0.1, 0.15) is 39.2 Å². The van der Waals surface area contributed by atoms with Crippen molar-refractivity contribution in [3.8, 4) is 0 Å². The molecule has 0 N–H and O–H groups in total. The first-order chi connectivity index (χ1) is 5.72. The predicted octanol–water partition coefficient (Wildman–Crippen LogP) is 3.96. The number of hydrogen-bond acceptors (Lipinski definition) is 0. The van der Waals surface area contributed by atoms with E-state index >= 15 is 0 Å². The van der Waals surface area contributed by atoms with Crippen LogP contribution >= 0.6 is 0 Å². The third-order valence-corrected chi connectivity index (χ3v) is 1.47. The Morgan fingerprint density at radius 1 is 0.289 bits per heavy atom. The van der Waals surface area contributed by atoms with E-state index in [1.165, 1.54) is 5.56 Å². The van der Waals surface area contributed by atoms with Gasteiger partial charge in [0.15, 0.2) is 0 Å². The molecule has 33 heteroatoms. The molecular formula is C12H19Y33-. The molecule has 0 atom stereocenters. The van der Waals surface area contributed by atoms with Crippen molar-refractivity contribution in [2.45, 2.75) is 33.6 Å². The van der Waals surface area contributed by atoms with E-state index in [0.29, 0.717) is 5.92 Å². The van der Waals surface area contributed by atoms with E-state index in [1.54, 1.807) is 0 Å². The molecule has 0 aromatic heterocycles. The Hall–Kier alpha value is 35.6. The third kappa shape index (κ3) is 212. The molecule has 0 aliphatic carbocycles. The minimum Gasteiger partial charge on any atom is -0.335 e. The SMILES string of the molecule is CC(C)c1ccccc1.C[CH-]C.[Y].[Y].[Y].[Y].[Y].[Y].[Y].[Y].[Y].[Y].[Y].[Y].[Y].[Y].[Y].[Y].[Y].[Y].[Y].[Y].[Y].[Y].[Y].[Y].[Y].[Y].[Y].[Y].[Y].[Y].[Y].[Y].[Y]. The minimum atomic E-state index is 0. The van der Waals surface area contributed by atoms with Gasteiger partial charge in [0.25, 0.3) is 0 Å². The zero-order chi connectivity index (χ0) is 9.40. The molecule has 0 heterocycles. The Kier molecular flexibility index (Phi) is 1130. The summed E-state index contributed by atoms with van der Waals surface area (Å²) in [5.74, 6) is 0.659. The Bertz CT molecular complexity index is 212. The fourth-order valence-corrected chi connectivity index (χ4v) is 0.838. The molecule has 0 nitrogen and oxygen atoms in total. The number of benzene rings is 1. The van der Waals surface area contributed by atoms with E-state index in [4.69, 9.17) is 0 Å². The van der Waals surface area contributed by atoms with E-state index < -0.39 is 0 Å². The molecule has 33 radical (unpaired) electrons. The van der Waals surface area contributed by atoms with Crippen molar-refractivity contribution in [1.82, 2.24) is 0 Å². The van der Waals surface area contributed by atoms with Crippen LogP contribution in [0.3, 0.4) is 0 Å². The first-order valence-corrected chi connectivity index (χ1v) is 4.51. The van der Waals surface area contributed by atoms with Gasteiger partial charge >= 0.3 is 0 Å². The van der Waals surface area contributed by atoms with Gasteiger partial charge in [0, 0.05) is 1080 Å². The van der Waals surface area contributed by atoms with Crippen LogP contribution in [0.5, 0.6) is 0 Å². The molecule has 1 rings (SSSR count). The van der Waals surface area contributed by atoms with Gasteiger partial charge in [-0.15, -0.1) is 0 Å². The fourth-order valence-electron chi connectivity index (χ4n) is 0.838. The second kappa shape index (κ2) is 217. The molecular weight excluding hydrogens is 3080 g/mol. The first-order valence-electron chi connectivity index (χ1n) is 4.51. The van der Waals surface area contributed by atoms with Gasteiger partial charge in [-0.05, 0) is 11.5 Å². The van der Waals surface area contributed by atoms with E-state index in [1.807, 2.05) is 26.3 Å². The largest absolute Gasteiger partial charge is 0.335 e. The first kappa shape index (κ1) is 235. The summed E-state index contributed by atoms with van der Waals surface area (Å²) >= 11 is 0. The molecule has 0 aliphatic heterocycles. The molecule has 0 fully saturated rings. The van der Waals surface area contributed by atoms with Gasteiger partial charge < -0.3 is 6.42 Å². The van der Waals surface area contributed by atoms with E-state index in [2.05, 4.69) is 38.1 Å². The molecule has 0 saturated carbocycles. The van der Waals surface area contributed by atoms with E-state index in [0.717, 1.165) is 0 Å². The molecule has 0 spiro atoms. The quantitative estimate of drug-likeness (QED) is 0.375. The van der Waals surface area contributed by atoms with Crippen LogP contribution in [0.15, 0.2) is 30.3 Å². The van der Waals surface area contributed by atoms with Crippen molar-refractivity contribution in [2.24, 2.45) is 0 Å². The van der Waals surface area contributed by atoms with E-state index in [-0.39, 0.29) is 1080 Å².